The highest BCUT2D eigenvalue weighted by Gasteiger charge is 2.46. The van der Waals surface area contributed by atoms with Crippen molar-refractivity contribution in [3.05, 3.63) is 45.1 Å². The largest absolute Gasteiger partial charge is 0.516 e. The molecule has 13 heteroatoms. The van der Waals surface area contributed by atoms with Gasteiger partial charge < -0.3 is 15.3 Å². The first kappa shape index (κ1) is 30.8. The number of rotatable bonds is 12. The molecule has 7 nitrogen and oxygen atoms in total. The maximum Gasteiger partial charge on any atom is 0.516 e. The van der Waals surface area contributed by atoms with Gasteiger partial charge >= 0.3 is 15.5 Å². The Morgan fingerprint density at radius 3 is 2.61 bits per heavy atom. The lowest BCUT2D eigenvalue weighted by atomic mass is 9.89. The van der Waals surface area contributed by atoms with Crippen molar-refractivity contribution in [2.45, 2.75) is 75.7 Å². The Bertz CT molecular complexity index is 1040. The zero-order valence-corrected chi connectivity index (χ0v) is 22.0. The molecule has 204 valence electrons. The van der Waals surface area contributed by atoms with Crippen LogP contribution in [0.4, 0.5) is 13.2 Å². The predicted octanol–water partition coefficient (Wildman–Crippen LogP) is 4.00. The molecule has 0 bridgehead atoms. The number of sulfonamides is 1. The summed E-state index contributed by atoms with van der Waals surface area (Å²) in [5.41, 5.74) is -4.57. The molecule has 0 unspecified atom stereocenters. The van der Waals surface area contributed by atoms with Gasteiger partial charge in [-0.25, -0.2) is 4.72 Å². The van der Waals surface area contributed by atoms with E-state index in [2.05, 4.69) is 0 Å². The Labute approximate surface area is 217 Å². The molecule has 1 aliphatic rings. The maximum absolute atomic E-state index is 12.3. The van der Waals surface area contributed by atoms with Crippen molar-refractivity contribution in [1.29, 1.82) is 0 Å². The number of amides is 1. The number of thiophene rings is 1. The molecule has 0 aromatic carbocycles. The third kappa shape index (κ3) is 8.84. The summed E-state index contributed by atoms with van der Waals surface area (Å²) in [6.45, 7) is 1.93. The average molecular weight is 574 g/mol. The van der Waals surface area contributed by atoms with Gasteiger partial charge in [-0.05, 0) is 55.9 Å². The summed E-state index contributed by atoms with van der Waals surface area (Å²) in [5.74, 6) is -1.91. The molecule has 5 atom stereocenters. The van der Waals surface area contributed by atoms with Crippen molar-refractivity contribution < 1.29 is 41.7 Å². The van der Waals surface area contributed by atoms with E-state index in [-0.39, 0.29) is 24.7 Å². The van der Waals surface area contributed by atoms with Crippen molar-refractivity contribution in [2.75, 3.05) is 0 Å². The second-order valence-electron chi connectivity index (χ2n) is 8.81. The summed E-state index contributed by atoms with van der Waals surface area (Å²) < 4.78 is 59.6. The Kier molecular flexibility index (Phi) is 11.4. The van der Waals surface area contributed by atoms with Crippen molar-refractivity contribution in [3.63, 3.8) is 0 Å². The van der Waals surface area contributed by atoms with Gasteiger partial charge in [-0.1, -0.05) is 35.9 Å². The molecular formula is C23H31ClF3NO6S2. The number of halogens is 4. The molecule has 0 spiro atoms. The van der Waals surface area contributed by atoms with E-state index in [4.69, 9.17) is 11.6 Å². The molecule has 0 radical (unpaired) electrons. The number of aryl methyl sites for hydroxylation is 2. The van der Waals surface area contributed by atoms with Crippen LogP contribution in [0, 0.1) is 18.8 Å². The molecule has 1 heterocycles. The monoisotopic (exact) mass is 573 g/mol. The highest BCUT2D eigenvalue weighted by atomic mass is 35.5. The fourth-order valence-corrected chi connectivity index (χ4v) is 5.68. The molecule has 1 aromatic heterocycles. The SMILES string of the molecule is Cc1scc(CC[C@H](O)/C=C/[C@@H]2[C@@H](C/C=C/CCCC(=O)NS(=O)(=O)C(F)(F)F)[C@@H](O)C[C@H]2O)c1Cl. The third-order valence-electron chi connectivity index (χ3n) is 6.05. The third-order valence-corrected chi connectivity index (χ3v) is 8.76. The smallest absolute Gasteiger partial charge is 0.393 e. The van der Waals surface area contributed by atoms with Crippen LogP contribution in [0.2, 0.25) is 5.02 Å². The van der Waals surface area contributed by atoms with Crippen molar-refractivity contribution in [2.24, 2.45) is 11.8 Å². The first-order valence-electron chi connectivity index (χ1n) is 11.4. The van der Waals surface area contributed by atoms with E-state index in [9.17, 15) is 41.7 Å². The van der Waals surface area contributed by atoms with E-state index in [0.717, 1.165) is 15.2 Å². The maximum atomic E-state index is 12.3. The Morgan fingerprint density at radius 2 is 2.00 bits per heavy atom. The quantitative estimate of drug-likeness (QED) is 0.221. The number of allylic oxidation sites excluding steroid dienone is 2. The van der Waals surface area contributed by atoms with E-state index in [1.165, 1.54) is 0 Å². The molecular weight excluding hydrogens is 543 g/mol. The molecule has 0 aliphatic heterocycles. The molecule has 1 fully saturated rings. The molecule has 0 saturated heterocycles. The van der Waals surface area contributed by atoms with Crippen LogP contribution in [0.15, 0.2) is 29.7 Å². The van der Waals surface area contributed by atoms with Gasteiger partial charge in [0, 0.05) is 23.6 Å². The predicted molar refractivity (Wildman–Crippen MR) is 132 cm³/mol. The van der Waals surface area contributed by atoms with E-state index in [0.29, 0.717) is 30.7 Å². The topological polar surface area (TPSA) is 124 Å². The van der Waals surface area contributed by atoms with E-state index >= 15 is 0 Å². The molecule has 1 aromatic rings. The minimum Gasteiger partial charge on any atom is -0.393 e. The molecule has 1 saturated carbocycles. The summed E-state index contributed by atoms with van der Waals surface area (Å²) >= 11 is 7.77. The Hall–Kier alpha value is -1.44. The molecule has 1 amide bonds. The Morgan fingerprint density at radius 1 is 1.31 bits per heavy atom. The Balaban J connectivity index is 1.79. The van der Waals surface area contributed by atoms with Gasteiger partial charge in [-0.15, -0.1) is 11.3 Å². The number of carbonyl (C=O) groups is 1. The number of aliphatic hydroxyl groups excluding tert-OH is 3. The summed E-state index contributed by atoms with van der Waals surface area (Å²) in [7, 11) is -5.70. The number of hydrogen-bond acceptors (Lipinski definition) is 7. The average Bonchev–Trinajstić information content (AvgIpc) is 3.23. The van der Waals surface area contributed by atoms with Crippen LogP contribution in [0.1, 0.15) is 49.0 Å². The second kappa shape index (κ2) is 13.4. The standard InChI is InChI=1S/C23H31ClF3NO6S2/c1-14-22(24)15(13-35-14)8-9-16(29)10-11-18-17(19(30)12-20(18)31)6-4-2-3-5-7-21(32)28-36(33,34)23(25,26)27/h2,4,10-11,13,16-20,29-31H,3,5-9,12H2,1H3,(H,28,32)/b4-2+,11-10+/t16-,17+,18+,19-,20+/m0/s1. The number of unbranched alkanes of at least 4 members (excludes halogenated alkanes) is 1. The van der Waals surface area contributed by atoms with Crippen LogP contribution in [-0.2, 0) is 21.2 Å². The normalized spacial score (nSPS) is 24.1. The van der Waals surface area contributed by atoms with E-state index < -0.39 is 46.2 Å². The zero-order valence-electron chi connectivity index (χ0n) is 19.6. The van der Waals surface area contributed by atoms with Crippen LogP contribution in [0.25, 0.3) is 0 Å². The van der Waals surface area contributed by atoms with Crippen LogP contribution in [-0.4, -0.2) is 53.5 Å². The van der Waals surface area contributed by atoms with Gasteiger partial charge in [0.15, 0.2) is 0 Å². The number of hydrogen-bond donors (Lipinski definition) is 4. The van der Waals surface area contributed by atoms with Gasteiger partial charge in [0.1, 0.15) is 0 Å². The fraction of sp³-hybridized carbons (Fsp3) is 0.609. The van der Waals surface area contributed by atoms with Crippen LogP contribution >= 0.6 is 22.9 Å². The summed E-state index contributed by atoms with van der Waals surface area (Å²) in [6.07, 6.45) is 6.22. The molecule has 4 N–H and O–H groups in total. The molecule has 2 rings (SSSR count). The van der Waals surface area contributed by atoms with Gasteiger partial charge in [-0.2, -0.15) is 21.6 Å². The fourth-order valence-electron chi connectivity index (χ4n) is 4.03. The summed E-state index contributed by atoms with van der Waals surface area (Å²) in [6, 6.07) is 0. The van der Waals surface area contributed by atoms with Crippen LogP contribution in [0.3, 0.4) is 0 Å². The number of nitrogens with one attached hydrogen (secondary N) is 1. The van der Waals surface area contributed by atoms with Crippen molar-refractivity contribution >= 4 is 38.9 Å². The lowest BCUT2D eigenvalue weighted by Gasteiger charge is -2.19. The lowest BCUT2D eigenvalue weighted by Crippen LogP contribution is -2.40. The highest BCUT2D eigenvalue weighted by Crippen LogP contribution is 2.36. The van der Waals surface area contributed by atoms with Gasteiger partial charge in [0.25, 0.3) is 0 Å². The number of carbonyl (C=O) groups excluding carboxylic acids is 1. The van der Waals surface area contributed by atoms with E-state index in [1.54, 1.807) is 35.6 Å². The van der Waals surface area contributed by atoms with Gasteiger partial charge in [-0.3, -0.25) is 4.79 Å². The summed E-state index contributed by atoms with van der Waals surface area (Å²) in [5, 5.41) is 33.7. The lowest BCUT2D eigenvalue weighted by molar-refractivity contribution is -0.120. The van der Waals surface area contributed by atoms with Crippen LogP contribution < -0.4 is 4.72 Å². The van der Waals surface area contributed by atoms with Crippen LogP contribution in [0.5, 0.6) is 0 Å². The highest BCUT2D eigenvalue weighted by molar-refractivity contribution is 7.90. The van der Waals surface area contributed by atoms with Gasteiger partial charge in [0.2, 0.25) is 5.91 Å². The zero-order chi connectivity index (χ0) is 27.1. The minimum absolute atomic E-state index is 0.134. The van der Waals surface area contributed by atoms with Crippen molar-refractivity contribution in [3.8, 4) is 0 Å². The summed E-state index contributed by atoms with van der Waals surface area (Å²) in [4.78, 5) is 12.5. The second-order valence-corrected chi connectivity index (χ2v) is 11.9. The van der Waals surface area contributed by atoms with Gasteiger partial charge in [0.05, 0.1) is 23.3 Å². The molecule has 36 heavy (non-hydrogen) atoms. The van der Waals surface area contributed by atoms with E-state index in [1.807, 2.05) is 12.3 Å². The molecule has 1 aliphatic carbocycles. The first-order chi connectivity index (χ1) is 16.7. The first-order valence-corrected chi connectivity index (χ1v) is 14.2. The number of alkyl halides is 3. The minimum atomic E-state index is -5.70. The number of aliphatic hydroxyl groups is 3. The van der Waals surface area contributed by atoms with Crippen molar-refractivity contribution in [1.82, 2.24) is 4.72 Å².